The number of hydrogen-bond donors (Lipinski definition) is 0. The maximum atomic E-state index is 12.5. The SMILES string of the molecule is CCN(C(=O)CCN(C(C)=O)C1CCCC1)c1ccccc1. The van der Waals surface area contributed by atoms with Gasteiger partial charge < -0.3 is 9.80 Å². The largest absolute Gasteiger partial charge is 0.339 e. The summed E-state index contributed by atoms with van der Waals surface area (Å²) in [5, 5.41) is 0. The second-order valence-electron chi connectivity index (χ2n) is 5.87. The first-order valence-corrected chi connectivity index (χ1v) is 8.26. The molecule has 1 aromatic rings. The van der Waals surface area contributed by atoms with Crippen LogP contribution < -0.4 is 4.90 Å². The lowest BCUT2D eigenvalue weighted by atomic mass is 10.2. The molecule has 2 rings (SSSR count). The topological polar surface area (TPSA) is 40.6 Å². The van der Waals surface area contributed by atoms with Crippen molar-refractivity contribution >= 4 is 17.5 Å². The van der Waals surface area contributed by atoms with E-state index in [0.29, 0.717) is 25.6 Å². The average Bonchev–Trinajstić information content (AvgIpc) is 3.03. The van der Waals surface area contributed by atoms with Gasteiger partial charge in [-0.25, -0.2) is 0 Å². The Hall–Kier alpha value is -1.84. The summed E-state index contributed by atoms with van der Waals surface area (Å²) >= 11 is 0. The molecule has 2 amide bonds. The predicted octanol–water partition coefficient (Wildman–Crippen LogP) is 3.22. The van der Waals surface area contributed by atoms with Crippen LogP contribution >= 0.6 is 0 Å². The summed E-state index contributed by atoms with van der Waals surface area (Å²) in [6.07, 6.45) is 4.91. The normalized spacial score (nSPS) is 14.8. The fraction of sp³-hybridized carbons (Fsp3) is 0.556. The molecule has 0 aromatic heterocycles. The Morgan fingerprint density at radius 3 is 2.32 bits per heavy atom. The molecule has 0 spiro atoms. The Bertz CT molecular complexity index is 495. The molecule has 0 radical (unpaired) electrons. The summed E-state index contributed by atoms with van der Waals surface area (Å²) in [4.78, 5) is 28.0. The minimum Gasteiger partial charge on any atom is -0.339 e. The van der Waals surface area contributed by atoms with Gasteiger partial charge in [-0.1, -0.05) is 31.0 Å². The van der Waals surface area contributed by atoms with Gasteiger partial charge in [-0.3, -0.25) is 9.59 Å². The van der Waals surface area contributed by atoms with Crippen molar-refractivity contribution in [2.75, 3.05) is 18.0 Å². The van der Waals surface area contributed by atoms with Crippen LogP contribution in [0.1, 0.15) is 46.0 Å². The molecule has 120 valence electrons. The Morgan fingerprint density at radius 2 is 1.77 bits per heavy atom. The molecular formula is C18H26N2O2. The number of amides is 2. The molecule has 0 N–H and O–H groups in total. The van der Waals surface area contributed by atoms with E-state index in [-0.39, 0.29) is 11.8 Å². The van der Waals surface area contributed by atoms with Gasteiger partial charge in [0, 0.05) is 38.2 Å². The van der Waals surface area contributed by atoms with Crippen molar-refractivity contribution in [3.8, 4) is 0 Å². The third kappa shape index (κ3) is 4.09. The van der Waals surface area contributed by atoms with E-state index in [2.05, 4.69) is 0 Å². The van der Waals surface area contributed by atoms with Crippen molar-refractivity contribution in [1.82, 2.24) is 4.90 Å². The summed E-state index contributed by atoms with van der Waals surface area (Å²) in [6.45, 7) is 4.76. The first kappa shape index (κ1) is 16.5. The molecule has 0 bridgehead atoms. The Balaban J connectivity index is 1.96. The lowest BCUT2D eigenvalue weighted by molar-refractivity contribution is -0.131. The molecule has 1 aliphatic rings. The van der Waals surface area contributed by atoms with Gasteiger partial charge in [0.25, 0.3) is 0 Å². The van der Waals surface area contributed by atoms with Gasteiger partial charge in [0.2, 0.25) is 11.8 Å². The van der Waals surface area contributed by atoms with Gasteiger partial charge in [-0.2, -0.15) is 0 Å². The predicted molar refractivity (Wildman–Crippen MR) is 88.7 cm³/mol. The van der Waals surface area contributed by atoms with Crippen LogP contribution in [0.15, 0.2) is 30.3 Å². The number of benzene rings is 1. The summed E-state index contributed by atoms with van der Waals surface area (Å²) in [6, 6.07) is 10.0. The number of carbonyl (C=O) groups excluding carboxylic acids is 2. The minimum atomic E-state index is 0.0814. The van der Waals surface area contributed by atoms with Crippen LogP contribution in [0.4, 0.5) is 5.69 Å². The van der Waals surface area contributed by atoms with Crippen LogP contribution in [0.2, 0.25) is 0 Å². The van der Waals surface area contributed by atoms with Gasteiger partial charge in [-0.15, -0.1) is 0 Å². The monoisotopic (exact) mass is 302 g/mol. The molecule has 0 saturated heterocycles. The van der Waals surface area contributed by atoms with E-state index in [4.69, 9.17) is 0 Å². The zero-order valence-corrected chi connectivity index (χ0v) is 13.6. The number of nitrogens with zero attached hydrogens (tertiary/aromatic N) is 2. The van der Waals surface area contributed by atoms with Crippen molar-refractivity contribution < 1.29 is 9.59 Å². The highest BCUT2D eigenvalue weighted by Crippen LogP contribution is 2.24. The molecule has 4 nitrogen and oxygen atoms in total. The van der Waals surface area contributed by atoms with E-state index in [9.17, 15) is 9.59 Å². The van der Waals surface area contributed by atoms with Crippen LogP contribution in [-0.4, -0.2) is 35.8 Å². The molecule has 0 aliphatic heterocycles. The van der Waals surface area contributed by atoms with E-state index < -0.39 is 0 Å². The number of carbonyl (C=O) groups is 2. The van der Waals surface area contributed by atoms with Crippen molar-refractivity contribution in [3.63, 3.8) is 0 Å². The van der Waals surface area contributed by atoms with Crippen LogP contribution in [0, 0.1) is 0 Å². The van der Waals surface area contributed by atoms with Gasteiger partial charge in [0.05, 0.1) is 0 Å². The van der Waals surface area contributed by atoms with Gasteiger partial charge in [0.1, 0.15) is 0 Å². The molecule has 4 heteroatoms. The van der Waals surface area contributed by atoms with E-state index in [1.807, 2.05) is 42.2 Å². The van der Waals surface area contributed by atoms with Crippen LogP contribution in [-0.2, 0) is 9.59 Å². The standard InChI is InChI=1S/C18H26N2O2/c1-3-19(16-9-5-4-6-10-16)18(22)13-14-20(15(2)21)17-11-7-8-12-17/h4-6,9-10,17H,3,7-8,11-14H2,1-2H3. The van der Waals surface area contributed by atoms with E-state index in [1.165, 1.54) is 12.8 Å². The maximum Gasteiger partial charge on any atom is 0.228 e. The number of hydrogen-bond acceptors (Lipinski definition) is 2. The third-order valence-electron chi connectivity index (χ3n) is 4.42. The minimum absolute atomic E-state index is 0.0814. The van der Waals surface area contributed by atoms with Crippen molar-refractivity contribution in [3.05, 3.63) is 30.3 Å². The quantitative estimate of drug-likeness (QED) is 0.809. The first-order valence-electron chi connectivity index (χ1n) is 8.26. The van der Waals surface area contributed by atoms with Gasteiger partial charge >= 0.3 is 0 Å². The van der Waals surface area contributed by atoms with E-state index in [1.54, 1.807) is 11.8 Å². The fourth-order valence-corrected chi connectivity index (χ4v) is 3.27. The van der Waals surface area contributed by atoms with Crippen LogP contribution in [0.3, 0.4) is 0 Å². The lowest BCUT2D eigenvalue weighted by Gasteiger charge is -2.29. The second-order valence-corrected chi connectivity index (χ2v) is 5.87. The average molecular weight is 302 g/mol. The summed E-state index contributed by atoms with van der Waals surface area (Å²) in [7, 11) is 0. The number of para-hydroxylation sites is 1. The van der Waals surface area contributed by atoms with Gasteiger partial charge in [0.15, 0.2) is 0 Å². The Kier molecular flexibility index (Phi) is 5.99. The molecule has 0 atom stereocenters. The smallest absolute Gasteiger partial charge is 0.228 e. The second kappa shape index (κ2) is 7.97. The van der Waals surface area contributed by atoms with Crippen molar-refractivity contribution in [1.29, 1.82) is 0 Å². The molecule has 1 aromatic carbocycles. The summed E-state index contributed by atoms with van der Waals surface area (Å²) in [5.74, 6) is 0.167. The highest BCUT2D eigenvalue weighted by Gasteiger charge is 2.25. The Labute approximate surface area is 133 Å². The van der Waals surface area contributed by atoms with Crippen LogP contribution in [0.25, 0.3) is 0 Å². The molecule has 1 saturated carbocycles. The molecular weight excluding hydrogens is 276 g/mol. The molecule has 0 heterocycles. The van der Waals surface area contributed by atoms with Crippen LogP contribution in [0.5, 0.6) is 0 Å². The zero-order chi connectivity index (χ0) is 15.9. The number of rotatable bonds is 6. The molecule has 22 heavy (non-hydrogen) atoms. The molecule has 0 unspecified atom stereocenters. The summed E-state index contributed by atoms with van der Waals surface area (Å²) < 4.78 is 0. The lowest BCUT2D eigenvalue weighted by Crippen LogP contribution is -2.41. The molecule has 1 fully saturated rings. The molecule has 1 aliphatic carbocycles. The van der Waals surface area contributed by atoms with E-state index in [0.717, 1.165) is 18.5 Å². The maximum absolute atomic E-state index is 12.5. The van der Waals surface area contributed by atoms with Gasteiger partial charge in [-0.05, 0) is 31.9 Å². The van der Waals surface area contributed by atoms with Crippen molar-refractivity contribution in [2.24, 2.45) is 0 Å². The third-order valence-corrected chi connectivity index (χ3v) is 4.42. The highest BCUT2D eigenvalue weighted by molar-refractivity contribution is 5.93. The van der Waals surface area contributed by atoms with E-state index >= 15 is 0 Å². The Morgan fingerprint density at radius 1 is 1.14 bits per heavy atom. The van der Waals surface area contributed by atoms with Crippen molar-refractivity contribution in [2.45, 2.75) is 52.0 Å². The number of anilines is 1. The highest BCUT2D eigenvalue weighted by atomic mass is 16.2. The summed E-state index contributed by atoms with van der Waals surface area (Å²) in [5.41, 5.74) is 0.922. The first-order chi connectivity index (χ1) is 10.6. The zero-order valence-electron chi connectivity index (χ0n) is 13.6. The fourth-order valence-electron chi connectivity index (χ4n) is 3.27.